The Balaban J connectivity index is 1.98. The molecule has 0 aromatic heterocycles. The molecule has 0 atom stereocenters. The van der Waals surface area contributed by atoms with Gasteiger partial charge < -0.3 is 4.43 Å². The smallest absolute Gasteiger partial charge is 0.200 e. The molecule has 0 aliphatic carbocycles. The Morgan fingerprint density at radius 3 is 1.21 bits per heavy atom. The molecule has 0 aliphatic rings. The van der Waals surface area contributed by atoms with Crippen LogP contribution in [0.2, 0.25) is 16.6 Å². The predicted molar refractivity (Wildman–Crippen MR) is 152 cm³/mol. The molecule has 0 amide bonds. The molecule has 3 aromatic rings. The average molecular weight is 478 g/mol. The summed E-state index contributed by atoms with van der Waals surface area (Å²) in [6.07, 6.45) is 2.21. The second kappa shape index (κ2) is 11.6. The topological polar surface area (TPSA) is 9.23 Å². The molecule has 3 rings (SSSR count). The number of rotatable bonds is 11. The van der Waals surface area contributed by atoms with Gasteiger partial charge in [0.05, 0.1) is 6.16 Å². The maximum Gasteiger partial charge on any atom is 0.200 e. The van der Waals surface area contributed by atoms with Gasteiger partial charge in [0.15, 0.2) is 8.32 Å². The maximum atomic E-state index is 6.97. The van der Waals surface area contributed by atoms with Gasteiger partial charge >= 0.3 is 0 Å². The average Bonchev–Trinajstić information content (AvgIpc) is 2.82. The summed E-state index contributed by atoms with van der Waals surface area (Å²) in [6.45, 7) is 15.1. The molecule has 0 radical (unpaired) electrons. The van der Waals surface area contributed by atoms with Crippen LogP contribution in [-0.2, 0) is 4.43 Å². The van der Waals surface area contributed by atoms with E-state index in [9.17, 15) is 0 Å². The lowest BCUT2D eigenvalue weighted by Crippen LogP contribution is -2.48. The lowest BCUT2D eigenvalue weighted by atomic mass is 10.4. The Morgan fingerprint density at radius 1 is 0.576 bits per heavy atom. The molecule has 0 saturated heterocycles. The van der Waals surface area contributed by atoms with E-state index in [-0.39, 0.29) is 0 Å². The van der Waals surface area contributed by atoms with Gasteiger partial charge in [-0.1, -0.05) is 96.1 Å². The van der Waals surface area contributed by atoms with E-state index < -0.39 is 15.6 Å². The zero-order valence-corrected chi connectivity index (χ0v) is 23.3. The molecule has 3 aromatic carbocycles. The zero-order chi connectivity index (χ0) is 23.9. The Morgan fingerprint density at radius 2 is 0.909 bits per heavy atom. The summed E-state index contributed by atoms with van der Waals surface area (Å²) < 4.78 is 6.97. The van der Waals surface area contributed by atoms with Crippen LogP contribution in [0.4, 0.5) is 0 Å². The fourth-order valence-electron chi connectivity index (χ4n) is 5.93. The highest BCUT2D eigenvalue weighted by atomic mass is 31.2. The Hall–Kier alpha value is -1.73. The van der Waals surface area contributed by atoms with Crippen molar-refractivity contribution < 1.29 is 4.43 Å². The minimum absolute atomic E-state index is 0.620. The largest absolute Gasteiger partial charge is 0.416 e. The Bertz CT molecular complexity index is 836. The standard InChI is InChI=1S/C30H42OPSi/c1-25(2)33(26(3)4,27(5)6)31-23-16-24-32(28-17-10-7-11-18-28,29-19-12-8-13-20-29)30-21-14-9-15-22-30/h7-15,17-22,25-27H,16,23-24H2,1-6H3/q+1. The second-order valence-electron chi connectivity index (χ2n) is 10.1. The van der Waals surface area contributed by atoms with Gasteiger partial charge in [-0.25, -0.2) is 0 Å². The van der Waals surface area contributed by atoms with E-state index in [4.69, 9.17) is 4.43 Å². The van der Waals surface area contributed by atoms with Crippen molar-refractivity contribution in [1.29, 1.82) is 0 Å². The summed E-state index contributed by atoms with van der Waals surface area (Å²) in [4.78, 5) is 0. The fourth-order valence-corrected chi connectivity index (χ4v) is 15.7. The van der Waals surface area contributed by atoms with Gasteiger partial charge in [0.1, 0.15) is 23.2 Å². The van der Waals surface area contributed by atoms with Crippen molar-refractivity contribution >= 4 is 31.5 Å². The second-order valence-corrected chi connectivity index (χ2v) is 19.1. The molecule has 176 valence electrons. The highest BCUT2D eigenvalue weighted by molar-refractivity contribution is 7.95. The van der Waals surface area contributed by atoms with Crippen LogP contribution < -0.4 is 15.9 Å². The molecular weight excluding hydrogens is 435 g/mol. The molecule has 0 bridgehead atoms. The van der Waals surface area contributed by atoms with Crippen LogP contribution in [0.15, 0.2) is 91.0 Å². The molecule has 0 aliphatic heterocycles. The number of hydrogen-bond acceptors (Lipinski definition) is 1. The number of benzene rings is 3. The van der Waals surface area contributed by atoms with Crippen LogP contribution in [0.25, 0.3) is 0 Å². The molecular formula is C30H42OPSi+. The van der Waals surface area contributed by atoms with E-state index in [2.05, 4.69) is 133 Å². The summed E-state index contributed by atoms with van der Waals surface area (Å²) >= 11 is 0. The van der Waals surface area contributed by atoms with Crippen LogP contribution in [0, 0.1) is 0 Å². The molecule has 33 heavy (non-hydrogen) atoms. The third-order valence-corrected chi connectivity index (χ3v) is 17.9. The molecule has 0 N–H and O–H groups in total. The zero-order valence-electron chi connectivity index (χ0n) is 21.4. The number of hydrogen-bond donors (Lipinski definition) is 0. The normalized spacial score (nSPS) is 12.6. The third-order valence-electron chi connectivity index (χ3n) is 7.29. The van der Waals surface area contributed by atoms with Crippen LogP contribution in [0.1, 0.15) is 48.0 Å². The van der Waals surface area contributed by atoms with Gasteiger partial charge in [-0.15, -0.1) is 0 Å². The molecule has 0 spiro atoms. The van der Waals surface area contributed by atoms with Crippen molar-refractivity contribution in [3.05, 3.63) is 91.0 Å². The van der Waals surface area contributed by atoms with Crippen molar-refractivity contribution in [3.63, 3.8) is 0 Å². The van der Waals surface area contributed by atoms with Gasteiger partial charge in [-0.05, 0) is 53.0 Å². The van der Waals surface area contributed by atoms with Crippen LogP contribution in [-0.4, -0.2) is 21.1 Å². The molecule has 1 nitrogen and oxygen atoms in total. The fraction of sp³-hybridized carbons (Fsp3) is 0.400. The summed E-state index contributed by atoms with van der Waals surface area (Å²) in [5, 5.41) is 4.38. The van der Waals surface area contributed by atoms with E-state index in [1.165, 1.54) is 15.9 Å². The van der Waals surface area contributed by atoms with Crippen molar-refractivity contribution in [1.82, 2.24) is 0 Å². The van der Waals surface area contributed by atoms with Gasteiger partial charge in [0, 0.05) is 13.0 Å². The first kappa shape index (κ1) is 25.9. The Kier molecular flexibility index (Phi) is 9.10. The summed E-state index contributed by atoms with van der Waals surface area (Å²) in [5.74, 6) is 0. The minimum Gasteiger partial charge on any atom is -0.416 e. The maximum absolute atomic E-state index is 6.97. The monoisotopic (exact) mass is 477 g/mol. The summed E-state index contributed by atoms with van der Waals surface area (Å²) in [6, 6.07) is 33.6. The third kappa shape index (κ3) is 5.34. The van der Waals surface area contributed by atoms with Gasteiger partial charge in [-0.3, -0.25) is 0 Å². The SMILES string of the molecule is CC(C)[Si](OCCC[P+](c1ccccc1)(c1ccccc1)c1ccccc1)(C(C)C)C(C)C. The van der Waals surface area contributed by atoms with E-state index >= 15 is 0 Å². The van der Waals surface area contributed by atoms with E-state index in [1.54, 1.807) is 0 Å². The molecule has 0 fully saturated rings. The van der Waals surface area contributed by atoms with Crippen molar-refractivity contribution in [2.45, 2.75) is 64.6 Å². The molecule has 0 heterocycles. The first-order chi connectivity index (χ1) is 15.9. The van der Waals surface area contributed by atoms with Gasteiger partial charge in [-0.2, -0.15) is 0 Å². The minimum atomic E-state index is -1.85. The molecule has 3 heteroatoms. The van der Waals surface area contributed by atoms with Gasteiger partial charge in [0.2, 0.25) is 0 Å². The summed E-state index contributed by atoms with van der Waals surface area (Å²) in [7, 11) is -3.62. The van der Waals surface area contributed by atoms with Crippen LogP contribution >= 0.6 is 7.26 Å². The van der Waals surface area contributed by atoms with Crippen LogP contribution in [0.5, 0.6) is 0 Å². The molecule has 0 unspecified atom stereocenters. The first-order valence-electron chi connectivity index (χ1n) is 12.5. The lowest BCUT2D eigenvalue weighted by molar-refractivity contribution is 0.278. The predicted octanol–water partition coefficient (Wildman–Crippen LogP) is 7.56. The first-order valence-corrected chi connectivity index (χ1v) is 16.7. The quantitative estimate of drug-likeness (QED) is 0.157. The van der Waals surface area contributed by atoms with Crippen molar-refractivity contribution in [2.24, 2.45) is 0 Å². The highest BCUT2D eigenvalue weighted by Crippen LogP contribution is 2.56. The lowest BCUT2D eigenvalue weighted by Gasteiger charge is -2.42. The van der Waals surface area contributed by atoms with Crippen molar-refractivity contribution in [2.75, 3.05) is 12.8 Å². The van der Waals surface area contributed by atoms with Crippen LogP contribution in [0.3, 0.4) is 0 Å². The van der Waals surface area contributed by atoms with E-state index in [0.29, 0.717) is 16.6 Å². The Labute approximate surface area is 204 Å². The van der Waals surface area contributed by atoms with E-state index in [1.807, 2.05) is 0 Å². The van der Waals surface area contributed by atoms with E-state index in [0.717, 1.165) is 19.2 Å². The van der Waals surface area contributed by atoms with Crippen molar-refractivity contribution in [3.8, 4) is 0 Å². The van der Waals surface area contributed by atoms with Gasteiger partial charge in [0.25, 0.3) is 0 Å². The summed E-state index contributed by atoms with van der Waals surface area (Å²) in [5.41, 5.74) is 1.86. The highest BCUT2D eigenvalue weighted by Gasteiger charge is 2.47. The molecule has 0 saturated carbocycles.